The van der Waals surface area contributed by atoms with Gasteiger partial charge in [0.1, 0.15) is 0 Å². The molecular weight excluding hydrogens is 320 g/mol. The molecule has 7 heteroatoms. The van der Waals surface area contributed by atoms with E-state index in [1.54, 1.807) is 13.8 Å². The lowest BCUT2D eigenvalue weighted by Gasteiger charge is -2.14. The van der Waals surface area contributed by atoms with Crippen LogP contribution in [0.4, 0.5) is 0 Å². The molecule has 1 aromatic carbocycles. The molecule has 0 heterocycles. The summed E-state index contributed by atoms with van der Waals surface area (Å²) in [5.74, 6) is 0. The highest BCUT2D eigenvalue weighted by Crippen LogP contribution is 2.27. The number of benzene rings is 1. The van der Waals surface area contributed by atoms with Crippen LogP contribution in [0.15, 0.2) is 21.9 Å². The van der Waals surface area contributed by atoms with E-state index in [2.05, 4.69) is 0 Å². The van der Waals surface area contributed by atoms with Crippen molar-refractivity contribution in [3.05, 3.63) is 23.3 Å². The third-order valence-electron chi connectivity index (χ3n) is 2.81. The molecule has 1 unspecified atom stereocenters. The second kappa shape index (κ2) is 6.37. The maximum Gasteiger partial charge on any atom is 0.252 e. The Morgan fingerprint density at radius 3 is 2.25 bits per heavy atom. The zero-order valence-electron chi connectivity index (χ0n) is 11.8. The quantitative estimate of drug-likeness (QED) is 0.775. The second-order valence-electron chi connectivity index (χ2n) is 4.70. The van der Waals surface area contributed by atoms with Gasteiger partial charge in [0.25, 0.3) is 5.24 Å². The third kappa shape index (κ3) is 3.68. The monoisotopic (exact) mass is 336 g/mol. The van der Waals surface area contributed by atoms with Crippen LogP contribution in [0.2, 0.25) is 0 Å². The standard InChI is InChI=1S/C13H17ClO4S2/c1-5-9-6-11(19(16)8(2)3)12(20(4,17)18)7-10(9)13(14)15/h6-8H,5H2,1-4H3. The first-order valence-corrected chi connectivity index (χ1v) is 9.55. The maximum atomic E-state index is 12.3. The first kappa shape index (κ1) is 17.3. The zero-order chi connectivity index (χ0) is 15.7. The minimum absolute atomic E-state index is 0.0919. The van der Waals surface area contributed by atoms with E-state index in [-0.39, 0.29) is 20.6 Å². The number of carbonyl (C=O) groups excluding carboxylic acids is 1. The lowest BCUT2D eigenvalue weighted by atomic mass is 10.1. The van der Waals surface area contributed by atoms with Crippen molar-refractivity contribution in [2.45, 2.75) is 42.2 Å². The molecule has 0 aliphatic heterocycles. The summed E-state index contributed by atoms with van der Waals surface area (Å²) in [5, 5.41) is -0.939. The van der Waals surface area contributed by atoms with Crippen molar-refractivity contribution < 1.29 is 17.4 Å². The molecule has 1 rings (SSSR count). The molecule has 0 aromatic heterocycles. The average molecular weight is 337 g/mol. The molecule has 0 aliphatic carbocycles. The summed E-state index contributed by atoms with van der Waals surface area (Å²) in [5.41, 5.74) is 0.750. The topological polar surface area (TPSA) is 68.3 Å². The van der Waals surface area contributed by atoms with Gasteiger partial charge in [0.05, 0.1) is 20.6 Å². The minimum atomic E-state index is -3.60. The Kier molecular flexibility index (Phi) is 5.52. The van der Waals surface area contributed by atoms with E-state index in [9.17, 15) is 17.4 Å². The first-order chi connectivity index (χ1) is 9.09. The third-order valence-corrected chi connectivity index (χ3v) is 5.90. The maximum absolute atomic E-state index is 12.3. The molecule has 1 aromatic rings. The summed E-state index contributed by atoms with van der Waals surface area (Å²) in [7, 11) is -5.06. The molecule has 0 fully saturated rings. The van der Waals surface area contributed by atoms with E-state index >= 15 is 0 Å². The van der Waals surface area contributed by atoms with E-state index < -0.39 is 25.9 Å². The van der Waals surface area contributed by atoms with Gasteiger partial charge in [-0.05, 0) is 35.7 Å². The Balaban J connectivity index is 3.74. The van der Waals surface area contributed by atoms with Gasteiger partial charge in [-0.2, -0.15) is 0 Å². The highest BCUT2D eigenvalue weighted by molar-refractivity contribution is 7.92. The molecule has 0 radical (unpaired) electrons. The van der Waals surface area contributed by atoms with E-state index in [0.717, 1.165) is 6.26 Å². The predicted molar refractivity (Wildman–Crippen MR) is 80.7 cm³/mol. The Morgan fingerprint density at radius 2 is 1.90 bits per heavy atom. The summed E-state index contributed by atoms with van der Waals surface area (Å²) in [6, 6.07) is 2.75. The van der Waals surface area contributed by atoms with Crippen LogP contribution >= 0.6 is 11.6 Å². The molecule has 0 aliphatic rings. The van der Waals surface area contributed by atoms with Crippen LogP contribution < -0.4 is 0 Å². The fourth-order valence-electron chi connectivity index (χ4n) is 1.78. The molecule has 4 nitrogen and oxygen atoms in total. The number of carbonyl (C=O) groups is 1. The number of hydrogen-bond acceptors (Lipinski definition) is 4. The van der Waals surface area contributed by atoms with Crippen LogP contribution in [-0.4, -0.2) is 29.4 Å². The summed E-state index contributed by atoms with van der Waals surface area (Å²) in [6.45, 7) is 5.31. The van der Waals surface area contributed by atoms with Crippen LogP contribution in [0.25, 0.3) is 0 Å². The van der Waals surface area contributed by atoms with E-state index in [4.69, 9.17) is 11.6 Å². The smallest absolute Gasteiger partial charge is 0.252 e. The van der Waals surface area contributed by atoms with E-state index in [1.165, 1.54) is 12.1 Å². The molecule has 0 amide bonds. The predicted octanol–water partition coefficient (Wildman–Crippen LogP) is 2.55. The van der Waals surface area contributed by atoms with Crippen LogP contribution in [0.3, 0.4) is 0 Å². The molecule has 1 atom stereocenters. The van der Waals surface area contributed by atoms with E-state index in [1.807, 2.05) is 6.92 Å². The Morgan fingerprint density at radius 1 is 1.35 bits per heavy atom. The number of halogens is 1. The van der Waals surface area contributed by atoms with Crippen molar-refractivity contribution in [1.29, 1.82) is 0 Å². The van der Waals surface area contributed by atoms with Crippen LogP contribution in [0.1, 0.15) is 36.7 Å². The summed E-state index contributed by atoms with van der Waals surface area (Å²) >= 11 is 5.49. The molecule has 0 N–H and O–H groups in total. The fraction of sp³-hybridized carbons (Fsp3) is 0.462. The lowest BCUT2D eigenvalue weighted by Crippen LogP contribution is -2.13. The van der Waals surface area contributed by atoms with Crippen molar-refractivity contribution in [3.63, 3.8) is 0 Å². The highest BCUT2D eigenvalue weighted by atomic mass is 35.5. The molecule has 0 saturated carbocycles. The molecule has 0 bridgehead atoms. The van der Waals surface area contributed by atoms with Gasteiger partial charge >= 0.3 is 0 Å². The number of hydrogen-bond donors (Lipinski definition) is 0. The summed E-state index contributed by atoms with van der Waals surface area (Å²) in [4.78, 5) is 11.6. The molecular formula is C13H17ClO4S2. The largest absolute Gasteiger partial charge is 0.276 e. The normalized spacial score (nSPS) is 13.5. The van der Waals surface area contributed by atoms with Gasteiger partial charge in [-0.1, -0.05) is 20.8 Å². The molecule has 20 heavy (non-hydrogen) atoms. The lowest BCUT2D eigenvalue weighted by molar-refractivity contribution is 0.108. The number of rotatable bonds is 5. The summed E-state index contributed by atoms with van der Waals surface area (Å²) < 4.78 is 36.0. The van der Waals surface area contributed by atoms with Gasteiger partial charge < -0.3 is 0 Å². The Bertz CT molecular complexity index is 663. The van der Waals surface area contributed by atoms with Crippen LogP contribution in [0, 0.1) is 0 Å². The van der Waals surface area contributed by atoms with Gasteiger partial charge in [0.15, 0.2) is 9.84 Å². The Labute approximate surface area is 126 Å². The van der Waals surface area contributed by atoms with Gasteiger partial charge in [-0.15, -0.1) is 0 Å². The van der Waals surface area contributed by atoms with Gasteiger partial charge in [0, 0.05) is 17.1 Å². The first-order valence-electron chi connectivity index (χ1n) is 6.07. The van der Waals surface area contributed by atoms with Gasteiger partial charge in [0.2, 0.25) is 0 Å². The van der Waals surface area contributed by atoms with Gasteiger partial charge in [-0.25, -0.2) is 8.42 Å². The Hall–Kier alpha value is -0.720. The van der Waals surface area contributed by atoms with Crippen LogP contribution in [0.5, 0.6) is 0 Å². The van der Waals surface area contributed by atoms with Crippen molar-refractivity contribution in [2.24, 2.45) is 0 Å². The van der Waals surface area contributed by atoms with Crippen molar-refractivity contribution in [2.75, 3.05) is 6.26 Å². The average Bonchev–Trinajstić information content (AvgIpc) is 2.34. The minimum Gasteiger partial charge on any atom is -0.276 e. The number of sulfone groups is 1. The van der Waals surface area contributed by atoms with Crippen LogP contribution in [-0.2, 0) is 27.1 Å². The summed E-state index contributed by atoms with van der Waals surface area (Å²) in [6.07, 6.45) is 1.53. The van der Waals surface area contributed by atoms with Crippen molar-refractivity contribution >= 4 is 37.5 Å². The fourth-order valence-corrected chi connectivity index (χ4v) is 4.43. The van der Waals surface area contributed by atoms with Crippen molar-refractivity contribution in [1.82, 2.24) is 0 Å². The molecule has 0 spiro atoms. The van der Waals surface area contributed by atoms with Gasteiger partial charge in [-0.3, -0.25) is 9.00 Å². The second-order valence-corrected chi connectivity index (χ2v) is 9.01. The van der Waals surface area contributed by atoms with Crippen molar-refractivity contribution in [3.8, 4) is 0 Å². The SMILES string of the molecule is CCc1cc(S(=O)C(C)C)c(S(C)(=O)=O)cc1C(=O)Cl. The zero-order valence-corrected chi connectivity index (χ0v) is 14.2. The van der Waals surface area contributed by atoms with E-state index in [0.29, 0.717) is 12.0 Å². The highest BCUT2D eigenvalue weighted by Gasteiger charge is 2.23. The molecule has 0 saturated heterocycles. The number of aryl methyl sites for hydroxylation is 1. The molecule has 112 valence electrons.